The van der Waals surface area contributed by atoms with Crippen LogP contribution in [0.2, 0.25) is 5.02 Å². The largest absolute Gasteiger partial charge is 0.341 e. The number of rotatable bonds is 5. The molecule has 2 rings (SSSR count). The lowest BCUT2D eigenvalue weighted by Crippen LogP contribution is -2.36. The summed E-state index contributed by atoms with van der Waals surface area (Å²) < 4.78 is 27.2. The van der Waals surface area contributed by atoms with E-state index in [1.807, 2.05) is 13.8 Å². The van der Waals surface area contributed by atoms with Gasteiger partial charge in [-0.3, -0.25) is 4.79 Å². The van der Waals surface area contributed by atoms with E-state index < -0.39 is 10.0 Å². The summed E-state index contributed by atoms with van der Waals surface area (Å²) in [6, 6.07) is 4.48. The highest BCUT2D eigenvalue weighted by Gasteiger charge is 2.29. The molecule has 1 aromatic rings. The Balaban J connectivity index is 2.33. The zero-order chi connectivity index (χ0) is 17.9. The maximum absolute atomic E-state index is 12.8. The van der Waals surface area contributed by atoms with Gasteiger partial charge in [0.05, 0.1) is 5.02 Å². The fraction of sp³-hybridized carbons (Fsp3) is 0.588. The minimum absolute atomic E-state index is 0.0230. The molecule has 7 heteroatoms. The molecule has 1 heterocycles. The Bertz CT molecular complexity index is 698. The van der Waals surface area contributed by atoms with E-state index in [2.05, 4.69) is 0 Å². The highest BCUT2D eigenvalue weighted by Crippen LogP contribution is 2.28. The number of piperidine rings is 1. The lowest BCUT2D eigenvalue weighted by atomic mass is 10.1. The molecule has 0 N–H and O–H groups in total. The summed E-state index contributed by atoms with van der Waals surface area (Å²) in [5, 5.41) is 0.156. The first-order valence-electron chi connectivity index (χ1n) is 8.28. The molecular formula is C17H25ClN2O3S. The van der Waals surface area contributed by atoms with E-state index in [0.29, 0.717) is 31.1 Å². The molecule has 0 bridgehead atoms. The van der Waals surface area contributed by atoms with Gasteiger partial charge in [-0.05, 0) is 37.0 Å². The van der Waals surface area contributed by atoms with Crippen molar-refractivity contribution in [1.82, 2.24) is 9.21 Å². The SMILES string of the molecule is CC(C)CN(C)C(=O)c1ccc(Cl)c(S(=O)(=O)N2CCCCC2)c1. The molecule has 1 saturated heterocycles. The standard InChI is InChI=1S/C17H25ClN2O3S/c1-13(2)12-19(3)17(21)14-7-8-15(18)16(11-14)24(22,23)20-9-5-4-6-10-20/h7-8,11,13H,4-6,9-10,12H2,1-3H3. The quantitative estimate of drug-likeness (QED) is 0.797. The normalized spacial score (nSPS) is 16.4. The second kappa shape index (κ2) is 7.85. The summed E-state index contributed by atoms with van der Waals surface area (Å²) in [5.74, 6) is 0.137. The van der Waals surface area contributed by atoms with Gasteiger partial charge >= 0.3 is 0 Å². The Morgan fingerprint density at radius 2 is 1.88 bits per heavy atom. The van der Waals surface area contributed by atoms with Crippen LogP contribution >= 0.6 is 11.6 Å². The summed E-state index contributed by atoms with van der Waals surface area (Å²) in [6.45, 7) is 5.67. The van der Waals surface area contributed by atoms with E-state index >= 15 is 0 Å². The van der Waals surface area contributed by atoms with E-state index in [9.17, 15) is 13.2 Å². The smallest absolute Gasteiger partial charge is 0.253 e. The van der Waals surface area contributed by atoms with Crippen molar-refractivity contribution in [3.05, 3.63) is 28.8 Å². The van der Waals surface area contributed by atoms with Gasteiger partial charge in [0.25, 0.3) is 5.91 Å². The zero-order valence-corrected chi connectivity index (χ0v) is 16.0. The lowest BCUT2D eigenvalue weighted by Gasteiger charge is -2.26. The first kappa shape index (κ1) is 19.2. The molecule has 1 aliphatic heterocycles. The van der Waals surface area contributed by atoms with Crippen molar-refractivity contribution in [2.75, 3.05) is 26.7 Å². The lowest BCUT2D eigenvalue weighted by molar-refractivity contribution is 0.0779. The van der Waals surface area contributed by atoms with Crippen LogP contribution in [-0.2, 0) is 10.0 Å². The molecule has 1 amide bonds. The molecular weight excluding hydrogens is 348 g/mol. The summed E-state index contributed by atoms with van der Waals surface area (Å²) in [5.41, 5.74) is 0.345. The Kier molecular flexibility index (Phi) is 6.28. The molecule has 1 aromatic carbocycles. The summed E-state index contributed by atoms with van der Waals surface area (Å²) in [7, 11) is -1.95. The van der Waals surface area contributed by atoms with E-state index in [-0.39, 0.29) is 15.8 Å². The van der Waals surface area contributed by atoms with Crippen LogP contribution in [0.25, 0.3) is 0 Å². The third-order valence-electron chi connectivity index (χ3n) is 4.10. The number of carbonyl (C=O) groups excluding carboxylic acids is 1. The average Bonchev–Trinajstić information content (AvgIpc) is 2.54. The van der Waals surface area contributed by atoms with Crippen LogP contribution in [0.15, 0.2) is 23.1 Å². The third-order valence-corrected chi connectivity index (χ3v) is 6.48. The average molecular weight is 373 g/mol. The van der Waals surface area contributed by atoms with Gasteiger partial charge in [-0.1, -0.05) is 31.9 Å². The molecule has 0 saturated carbocycles. The minimum Gasteiger partial charge on any atom is -0.341 e. The maximum Gasteiger partial charge on any atom is 0.253 e. The van der Waals surface area contributed by atoms with Gasteiger partial charge in [0.15, 0.2) is 0 Å². The van der Waals surface area contributed by atoms with E-state index in [4.69, 9.17) is 11.6 Å². The van der Waals surface area contributed by atoms with Crippen LogP contribution < -0.4 is 0 Å². The number of halogens is 1. The predicted molar refractivity (Wildman–Crippen MR) is 95.9 cm³/mol. The number of hydrogen-bond acceptors (Lipinski definition) is 3. The fourth-order valence-corrected chi connectivity index (χ4v) is 4.95. The number of nitrogens with zero attached hydrogens (tertiary/aromatic N) is 2. The molecule has 0 spiro atoms. The van der Waals surface area contributed by atoms with Crippen molar-refractivity contribution >= 4 is 27.5 Å². The highest BCUT2D eigenvalue weighted by atomic mass is 35.5. The number of benzene rings is 1. The van der Waals surface area contributed by atoms with Crippen molar-refractivity contribution in [2.45, 2.75) is 38.0 Å². The van der Waals surface area contributed by atoms with Crippen LogP contribution in [0.1, 0.15) is 43.5 Å². The van der Waals surface area contributed by atoms with E-state index in [0.717, 1.165) is 19.3 Å². The molecule has 1 aliphatic rings. The maximum atomic E-state index is 12.8. The first-order chi connectivity index (χ1) is 11.2. The Morgan fingerprint density at radius 3 is 2.46 bits per heavy atom. The molecule has 24 heavy (non-hydrogen) atoms. The van der Waals surface area contributed by atoms with Crippen LogP contribution in [-0.4, -0.2) is 50.2 Å². The molecule has 0 radical (unpaired) electrons. The number of sulfonamides is 1. The summed E-state index contributed by atoms with van der Waals surface area (Å²) in [6.07, 6.45) is 2.75. The van der Waals surface area contributed by atoms with Gasteiger partial charge < -0.3 is 4.90 Å². The molecule has 1 fully saturated rings. The van der Waals surface area contributed by atoms with Gasteiger partial charge in [-0.2, -0.15) is 4.31 Å². The molecule has 134 valence electrons. The molecule has 0 atom stereocenters. The van der Waals surface area contributed by atoms with Crippen LogP contribution in [0.5, 0.6) is 0 Å². The van der Waals surface area contributed by atoms with Crippen molar-refractivity contribution in [1.29, 1.82) is 0 Å². The molecule has 0 aliphatic carbocycles. The van der Waals surface area contributed by atoms with Crippen molar-refractivity contribution < 1.29 is 13.2 Å². The second-order valence-corrected chi connectivity index (χ2v) is 9.00. The first-order valence-corrected chi connectivity index (χ1v) is 10.1. The number of carbonyl (C=O) groups is 1. The van der Waals surface area contributed by atoms with Crippen LogP contribution in [0.4, 0.5) is 0 Å². The zero-order valence-electron chi connectivity index (χ0n) is 14.5. The molecule has 5 nitrogen and oxygen atoms in total. The third kappa shape index (κ3) is 4.29. The molecule has 0 aromatic heterocycles. The predicted octanol–water partition coefficient (Wildman–Crippen LogP) is 3.24. The Morgan fingerprint density at radius 1 is 1.25 bits per heavy atom. The van der Waals surface area contributed by atoms with E-state index in [1.165, 1.54) is 16.4 Å². The van der Waals surface area contributed by atoms with Gasteiger partial charge in [0.2, 0.25) is 10.0 Å². The topological polar surface area (TPSA) is 57.7 Å². The monoisotopic (exact) mass is 372 g/mol. The van der Waals surface area contributed by atoms with E-state index in [1.54, 1.807) is 18.0 Å². The summed E-state index contributed by atoms with van der Waals surface area (Å²) >= 11 is 6.14. The van der Waals surface area contributed by atoms with Gasteiger partial charge in [0.1, 0.15) is 4.90 Å². The van der Waals surface area contributed by atoms with Gasteiger partial charge in [-0.25, -0.2) is 8.42 Å². The highest BCUT2D eigenvalue weighted by molar-refractivity contribution is 7.89. The fourth-order valence-electron chi connectivity index (χ4n) is 2.93. The number of hydrogen-bond donors (Lipinski definition) is 0. The second-order valence-electron chi connectivity index (χ2n) is 6.69. The minimum atomic E-state index is -3.67. The number of amides is 1. The van der Waals surface area contributed by atoms with Crippen molar-refractivity contribution in [2.24, 2.45) is 5.92 Å². The van der Waals surface area contributed by atoms with Crippen LogP contribution in [0, 0.1) is 5.92 Å². The van der Waals surface area contributed by atoms with Gasteiger partial charge in [-0.15, -0.1) is 0 Å². The van der Waals surface area contributed by atoms with Crippen molar-refractivity contribution in [3.63, 3.8) is 0 Å². The Hall–Kier alpha value is -1.11. The van der Waals surface area contributed by atoms with Crippen molar-refractivity contribution in [3.8, 4) is 0 Å². The summed E-state index contributed by atoms with van der Waals surface area (Å²) in [4.78, 5) is 14.1. The Labute approximate surface area is 149 Å². The molecule has 0 unspecified atom stereocenters. The van der Waals surface area contributed by atoms with Gasteiger partial charge in [0, 0.05) is 32.2 Å². The van der Waals surface area contributed by atoms with Crippen LogP contribution in [0.3, 0.4) is 0 Å².